The molecule has 8 heteroatoms. The van der Waals surface area contributed by atoms with Gasteiger partial charge in [-0.05, 0) is 48.6 Å². The summed E-state index contributed by atoms with van der Waals surface area (Å²) < 4.78 is 18.2. The van der Waals surface area contributed by atoms with Crippen LogP contribution in [0, 0.1) is 11.7 Å². The number of carbonyl (C=O) groups excluding carboxylic acids is 1. The number of benzene rings is 2. The van der Waals surface area contributed by atoms with E-state index in [1.54, 1.807) is 12.1 Å². The summed E-state index contributed by atoms with van der Waals surface area (Å²) in [6.07, 6.45) is 2.58. The van der Waals surface area contributed by atoms with E-state index in [1.807, 2.05) is 24.3 Å². The molecule has 0 unspecified atom stereocenters. The van der Waals surface area contributed by atoms with Gasteiger partial charge < -0.3 is 10.2 Å². The van der Waals surface area contributed by atoms with Crippen LogP contribution in [0.2, 0.25) is 5.02 Å². The fourth-order valence-electron chi connectivity index (χ4n) is 3.54. The zero-order valence-corrected chi connectivity index (χ0v) is 17.9. The van der Waals surface area contributed by atoms with Crippen LogP contribution in [-0.2, 0) is 6.42 Å². The van der Waals surface area contributed by atoms with Gasteiger partial charge in [0.25, 0.3) is 5.91 Å². The van der Waals surface area contributed by atoms with Crippen LogP contribution >= 0.6 is 23.1 Å². The van der Waals surface area contributed by atoms with Gasteiger partial charge in [0.15, 0.2) is 0 Å². The number of hydrogen-bond donors (Lipinski definition) is 1. The predicted octanol–water partition coefficient (Wildman–Crippen LogP) is 4.57. The quantitative estimate of drug-likeness (QED) is 0.605. The minimum Gasteiger partial charge on any atom is -0.352 e. The number of carbonyl (C=O) groups is 1. The van der Waals surface area contributed by atoms with Crippen molar-refractivity contribution >= 4 is 34.2 Å². The lowest BCUT2D eigenvalue weighted by Gasteiger charge is -2.31. The number of rotatable bonds is 6. The van der Waals surface area contributed by atoms with E-state index in [-0.39, 0.29) is 11.5 Å². The molecule has 0 spiro atoms. The third-order valence-corrected chi connectivity index (χ3v) is 6.35. The molecule has 1 saturated heterocycles. The van der Waals surface area contributed by atoms with Gasteiger partial charge in [-0.25, -0.2) is 9.37 Å². The molecule has 156 valence electrons. The van der Waals surface area contributed by atoms with Crippen LogP contribution < -0.4 is 10.2 Å². The van der Waals surface area contributed by atoms with Gasteiger partial charge in [0.05, 0.1) is 5.56 Å². The standard InChI is InChI=1S/C22H22ClFN4OS/c23-17-7-5-15(6-8-17)13-20-26-22(30-27-20)28-11-9-16(10-12-28)14-25-21(29)18-3-1-2-4-19(18)24/h1-8,16H,9-14H2,(H,25,29). The molecule has 2 aromatic carbocycles. The van der Waals surface area contributed by atoms with Gasteiger partial charge in [-0.3, -0.25) is 4.79 Å². The first-order valence-corrected chi connectivity index (χ1v) is 11.1. The van der Waals surface area contributed by atoms with Crippen LogP contribution in [0.1, 0.15) is 34.6 Å². The first kappa shape index (κ1) is 20.8. The summed E-state index contributed by atoms with van der Waals surface area (Å²) in [4.78, 5) is 19.1. The maximum atomic E-state index is 13.7. The van der Waals surface area contributed by atoms with Crippen LogP contribution in [0.3, 0.4) is 0 Å². The Balaban J connectivity index is 1.25. The van der Waals surface area contributed by atoms with E-state index in [4.69, 9.17) is 11.6 Å². The van der Waals surface area contributed by atoms with Crippen molar-refractivity contribution in [2.24, 2.45) is 5.92 Å². The van der Waals surface area contributed by atoms with E-state index in [0.717, 1.165) is 47.5 Å². The van der Waals surface area contributed by atoms with Crippen LogP contribution in [0.4, 0.5) is 9.52 Å². The number of hydrogen-bond acceptors (Lipinski definition) is 5. The second-order valence-corrected chi connectivity index (χ2v) is 8.58. The van der Waals surface area contributed by atoms with Crippen molar-refractivity contribution in [3.05, 3.63) is 76.3 Å². The number of amides is 1. The molecule has 0 bridgehead atoms. The topological polar surface area (TPSA) is 58.1 Å². The van der Waals surface area contributed by atoms with E-state index in [0.29, 0.717) is 18.9 Å². The minimum atomic E-state index is -0.490. The summed E-state index contributed by atoms with van der Waals surface area (Å²) in [5.41, 5.74) is 1.23. The normalized spacial score (nSPS) is 14.7. The summed E-state index contributed by atoms with van der Waals surface area (Å²) in [5, 5.41) is 4.53. The predicted molar refractivity (Wildman–Crippen MR) is 118 cm³/mol. The number of anilines is 1. The first-order valence-electron chi connectivity index (χ1n) is 9.93. The van der Waals surface area contributed by atoms with E-state index in [2.05, 4.69) is 19.6 Å². The van der Waals surface area contributed by atoms with Gasteiger partial charge in [-0.2, -0.15) is 4.37 Å². The number of nitrogens with one attached hydrogen (secondary N) is 1. The fourth-order valence-corrected chi connectivity index (χ4v) is 4.40. The summed E-state index contributed by atoms with van der Waals surface area (Å²) >= 11 is 7.36. The van der Waals surface area contributed by atoms with E-state index in [1.165, 1.54) is 23.7 Å². The highest BCUT2D eigenvalue weighted by Gasteiger charge is 2.23. The highest BCUT2D eigenvalue weighted by atomic mass is 35.5. The number of nitrogens with zero attached hydrogens (tertiary/aromatic N) is 3. The third-order valence-electron chi connectivity index (χ3n) is 5.29. The van der Waals surface area contributed by atoms with Crippen molar-refractivity contribution in [3.8, 4) is 0 Å². The summed E-state index contributed by atoms with van der Waals surface area (Å²) in [5.74, 6) is 0.344. The lowest BCUT2D eigenvalue weighted by atomic mass is 9.97. The lowest BCUT2D eigenvalue weighted by molar-refractivity contribution is 0.0941. The molecular formula is C22H22ClFN4OS. The Bertz CT molecular complexity index is 1000. The molecule has 1 amide bonds. The second kappa shape index (κ2) is 9.53. The molecule has 4 rings (SSSR count). The molecule has 5 nitrogen and oxygen atoms in total. The summed E-state index contributed by atoms with van der Waals surface area (Å²) in [7, 11) is 0. The molecule has 0 saturated carbocycles. The number of piperidine rings is 1. The van der Waals surface area contributed by atoms with Gasteiger partial charge in [-0.15, -0.1) is 0 Å². The van der Waals surface area contributed by atoms with Crippen molar-refractivity contribution in [1.29, 1.82) is 0 Å². The molecule has 0 radical (unpaired) electrons. The zero-order chi connectivity index (χ0) is 20.9. The van der Waals surface area contributed by atoms with E-state index >= 15 is 0 Å². The van der Waals surface area contributed by atoms with Gasteiger partial charge in [0.1, 0.15) is 11.6 Å². The first-order chi connectivity index (χ1) is 14.6. The van der Waals surface area contributed by atoms with Crippen LogP contribution in [0.25, 0.3) is 0 Å². The molecular weight excluding hydrogens is 423 g/mol. The van der Waals surface area contributed by atoms with Crippen molar-refractivity contribution in [2.75, 3.05) is 24.5 Å². The molecule has 1 aliphatic rings. The number of halogens is 2. The van der Waals surface area contributed by atoms with Crippen LogP contribution in [-0.4, -0.2) is 34.9 Å². The summed E-state index contributed by atoms with van der Waals surface area (Å²) in [6.45, 7) is 2.30. The van der Waals surface area contributed by atoms with Crippen LogP contribution in [0.5, 0.6) is 0 Å². The highest BCUT2D eigenvalue weighted by molar-refractivity contribution is 7.09. The zero-order valence-electron chi connectivity index (χ0n) is 16.4. The molecule has 3 aromatic rings. The van der Waals surface area contributed by atoms with Crippen molar-refractivity contribution in [3.63, 3.8) is 0 Å². The van der Waals surface area contributed by atoms with Gasteiger partial charge in [-0.1, -0.05) is 35.9 Å². The maximum absolute atomic E-state index is 13.7. The largest absolute Gasteiger partial charge is 0.352 e. The van der Waals surface area contributed by atoms with Crippen molar-refractivity contribution in [1.82, 2.24) is 14.7 Å². The molecule has 1 aliphatic heterocycles. The Hall–Kier alpha value is -2.51. The molecule has 0 atom stereocenters. The minimum absolute atomic E-state index is 0.0945. The Labute approximate surface area is 184 Å². The van der Waals surface area contributed by atoms with Crippen molar-refractivity contribution in [2.45, 2.75) is 19.3 Å². The van der Waals surface area contributed by atoms with Gasteiger partial charge in [0.2, 0.25) is 5.13 Å². The Kier molecular flexibility index (Phi) is 6.59. The molecule has 1 fully saturated rings. The fraction of sp³-hybridized carbons (Fsp3) is 0.318. The van der Waals surface area contributed by atoms with Gasteiger partial charge >= 0.3 is 0 Å². The molecule has 1 aromatic heterocycles. The maximum Gasteiger partial charge on any atom is 0.254 e. The Morgan fingerprint density at radius 1 is 1.17 bits per heavy atom. The van der Waals surface area contributed by atoms with Gasteiger partial charge in [0, 0.05) is 42.6 Å². The molecule has 0 aliphatic carbocycles. The monoisotopic (exact) mass is 444 g/mol. The Morgan fingerprint density at radius 3 is 2.63 bits per heavy atom. The highest BCUT2D eigenvalue weighted by Crippen LogP contribution is 2.25. The average Bonchev–Trinajstić information content (AvgIpc) is 3.23. The third kappa shape index (κ3) is 5.15. The summed E-state index contributed by atoms with van der Waals surface area (Å²) in [6, 6.07) is 13.8. The second-order valence-electron chi connectivity index (χ2n) is 7.42. The van der Waals surface area contributed by atoms with E-state index < -0.39 is 5.82 Å². The number of aromatic nitrogens is 2. The average molecular weight is 445 g/mol. The van der Waals surface area contributed by atoms with Crippen LogP contribution in [0.15, 0.2) is 48.5 Å². The molecule has 1 N–H and O–H groups in total. The van der Waals surface area contributed by atoms with Crippen molar-refractivity contribution < 1.29 is 9.18 Å². The SMILES string of the molecule is O=C(NCC1CCN(c2nc(Cc3ccc(Cl)cc3)ns2)CC1)c1ccccc1F. The lowest BCUT2D eigenvalue weighted by Crippen LogP contribution is -2.38. The molecule has 2 heterocycles. The Morgan fingerprint density at radius 2 is 1.90 bits per heavy atom. The smallest absolute Gasteiger partial charge is 0.254 e. The van der Waals surface area contributed by atoms with E-state index in [9.17, 15) is 9.18 Å². The molecule has 30 heavy (non-hydrogen) atoms.